The number of fused-ring (bicyclic) bond motifs is 2. The van der Waals surface area contributed by atoms with Crippen LogP contribution in [0, 0.1) is 0 Å². The first-order chi connectivity index (χ1) is 20.8. The largest absolute Gasteiger partial charge is 0.265 e. The molecule has 0 fully saturated rings. The Hall–Kier alpha value is -5.60. The summed E-state index contributed by atoms with van der Waals surface area (Å²) in [6.07, 6.45) is 16.3. The summed E-state index contributed by atoms with van der Waals surface area (Å²) in [4.78, 5) is 8.26. The van der Waals surface area contributed by atoms with Gasteiger partial charge in [0.25, 0.3) is 0 Å². The Morgan fingerprint density at radius 1 is 0.310 bits per heavy atom. The van der Waals surface area contributed by atoms with E-state index in [4.69, 9.17) is 0 Å². The molecule has 5 aromatic carbocycles. The van der Waals surface area contributed by atoms with Gasteiger partial charge in [-0.15, -0.1) is 0 Å². The van der Waals surface area contributed by atoms with Gasteiger partial charge in [0.1, 0.15) is 0 Å². The van der Waals surface area contributed by atoms with E-state index in [1.165, 1.54) is 66.1 Å². The van der Waals surface area contributed by atoms with Gasteiger partial charge in [-0.25, -0.2) is 0 Å². The number of pyridine rings is 2. The second-order valence-electron chi connectivity index (χ2n) is 10.3. The Labute approximate surface area is 246 Å². The molecule has 0 aliphatic carbocycles. The highest BCUT2D eigenvalue weighted by Crippen LogP contribution is 2.35. The number of aromatic nitrogens is 2. The normalized spacial score (nSPS) is 11.6. The Bertz CT molecular complexity index is 1830. The first-order valence-electron chi connectivity index (χ1n) is 14.1. The zero-order valence-electron chi connectivity index (χ0n) is 23.1. The standard InChI is InChI=1S/C40H28N2/c1-2-6-36-35(5-1)39(19-13-29-9-15-31(16-10-29)33-21-25-41-26-22-33)37-7-3-4-8-38(37)40(36)20-14-30-11-17-32(18-12-30)34-23-27-42-28-24-34/h1-28H/b19-13+,20-14+. The lowest BCUT2D eigenvalue weighted by Gasteiger charge is -2.13. The van der Waals surface area contributed by atoms with E-state index in [1.807, 2.05) is 49.1 Å². The van der Waals surface area contributed by atoms with Gasteiger partial charge in [-0.05, 0) is 90.3 Å². The van der Waals surface area contributed by atoms with Crippen molar-refractivity contribution in [2.75, 3.05) is 0 Å². The topological polar surface area (TPSA) is 25.8 Å². The fourth-order valence-corrected chi connectivity index (χ4v) is 5.58. The third-order valence-corrected chi connectivity index (χ3v) is 7.75. The van der Waals surface area contributed by atoms with Crippen molar-refractivity contribution in [2.24, 2.45) is 0 Å². The summed E-state index contributed by atoms with van der Waals surface area (Å²) < 4.78 is 0. The van der Waals surface area contributed by atoms with E-state index in [1.54, 1.807) is 0 Å². The number of hydrogen-bond acceptors (Lipinski definition) is 2. The minimum Gasteiger partial charge on any atom is -0.265 e. The third kappa shape index (κ3) is 5.14. The first kappa shape index (κ1) is 25.4. The summed E-state index contributed by atoms with van der Waals surface area (Å²) in [7, 11) is 0. The lowest BCUT2D eigenvalue weighted by atomic mass is 9.90. The summed E-state index contributed by atoms with van der Waals surface area (Å²) in [6.45, 7) is 0. The van der Waals surface area contributed by atoms with Crippen molar-refractivity contribution in [1.29, 1.82) is 0 Å². The van der Waals surface area contributed by atoms with Gasteiger partial charge in [0.2, 0.25) is 0 Å². The predicted molar refractivity (Wildman–Crippen MR) is 179 cm³/mol. The van der Waals surface area contributed by atoms with Crippen LogP contribution in [0.25, 0.3) is 68.1 Å². The molecular weight excluding hydrogens is 508 g/mol. The molecule has 0 unspecified atom stereocenters. The number of rotatable bonds is 6. The molecule has 0 radical (unpaired) electrons. The Morgan fingerprint density at radius 3 is 0.952 bits per heavy atom. The van der Waals surface area contributed by atoms with Gasteiger partial charge in [0, 0.05) is 24.8 Å². The molecule has 42 heavy (non-hydrogen) atoms. The number of benzene rings is 5. The maximum Gasteiger partial charge on any atom is 0.0273 e. The lowest BCUT2D eigenvalue weighted by Crippen LogP contribution is -1.88. The maximum absolute atomic E-state index is 4.13. The summed E-state index contributed by atoms with van der Waals surface area (Å²) >= 11 is 0. The van der Waals surface area contributed by atoms with Gasteiger partial charge in [0.15, 0.2) is 0 Å². The van der Waals surface area contributed by atoms with E-state index < -0.39 is 0 Å². The van der Waals surface area contributed by atoms with E-state index in [0.29, 0.717) is 0 Å². The van der Waals surface area contributed by atoms with Crippen molar-refractivity contribution in [2.45, 2.75) is 0 Å². The molecule has 0 spiro atoms. The van der Waals surface area contributed by atoms with Crippen molar-refractivity contribution >= 4 is 45.8 Å². The van der Waals surface area contributed by atoms with Crippen LogP contribution in [0.2, 0.25) is 0 Å². The Kier molecular flexibility index (Phi) is 6.94. The van der Waals surface area contributed by atoms with Crippen molar-refractivity contribution in [3.05, 3.63) is 168 Å². The predicted octanol–water partition coefficient (Wildman–Crippen LogP) is 10.5. The molecule has 0 aliphatic rings. The number of nitrogens with zero attached hydrogens (tertiary/aromatic N) is 2. The van der Waals surface area contributed by atoms with E-state index in [2.05, 4.69) is 131 Å². The fraction of sp³-hybridized carbons (Fsp3) is 0. The van der Waals surface area contributed by atoms with Gasteiger partial charge in [0.05, 0.1) is 0 Å². The smallest absolute Gasteiger partial charge is 0.0273 e. The lowest BCUT2D eigenvalue weighted by molar-refractivity contribution is 1.33. The highest BCUT2D eigenvalue weighted by molar-refractivity contribution is 6.14. The van der Waals surface area contributed by atoms with Gasteiger partial charge in [-0.1, -0.05) is 121 Å². The van der Waals surface area contributed by atoms with Crippen LogP contribution in [0.3, 0.4) is 0 Å². The molecule has 0 N–H and O–H groups in total. The van der Waals surface area contributed by atoms with Crippen LogP contribution < -0.4 is 0 Å². The first-order valence-corrected chi connectivity index (χ1v) is 14.1. The summed E-state index contributed by atoms with van der Waals surface area (Å²) in [5.41, 5.74) is 9.52. The van der Waals surface area contributed by atoms with Crippen LogP contribution in [-0.4, -0.2) is 9.97 Å². The second kappa shape index (κ2) is 11.5. The molecule has 0 saturated heterocycles. The monoisotopic (exact) mass is 536 g/mol. The molecule has 2 heteroatoms. The molecule has 0 bridgehead atoms. The maximum atomic E-state index is 4.13. The van der Waals surface area contributed by atoms with Crippen molar-refractivity contribution in [1.82, 2.24) is 9.97 Å². The van der Waals surface area contributed by atoms with Crippen LogP contribution in [0.1, 0.15) is 22.3 Å². The van der Waals surface area contributed by atoms with E-state index >= 15 is 0 Å². The average molecular weight is 537 g/mol. The molecule has 7 aromatic rings. The van der Waals surface area contributed by atoms with Crippen LogP contribution in [0.15, 0.2) is 146 Å². The van der Waals surface area contributed by atoms with Gasteiger partial charge >= 0.3 is 0 Å². The molecule has 2 heterocycles. The zero-order valence-corrected chi connectivity index (χ0v) is 23.1. The highest BCUT2D eigenvalue weighted by Gasteiger charge is 2.10. The average Bonchev–Trinajstić information content (AvgIpc) is 3.07. The van der Waals surface area contributed by atoms with Gasteiger partial charge < -0.3 is 0 Å². The quantitative estimate of drug-likeness (QED) is 0.156. The zero-order chi connectivity index (χ0) is 28.1. The molecule has 2 aromatic heterocycles. The Morgan fingerprint density at radius 2 is 0.619 bits per heavy atom. The van der Waals surface area contributed by atoms with Crippen LogP contribution in [0.4, 0.5) is 0 Å². The summed E-state index contributed by atoms with van der Waals surface area (Å²) in [6, 6.07) is 43.0. The van der Waals surface area contributed by atoms with Crippen molar-refractivity contribution < 1.29 is 0 Å². The molecule has 198 valence electrons. The molecule has 0 saturated carbocycles. The van der Waals surface area contributed by atoms with Crippen LogP contribution in [-0.2, 0) is 0 Å². The molecule has 0 amide bonds. The van der Waals surface area contributed by atoms with E-state index in [0.717, 1.165) is 0 Å². The van der Waals surface area contributed by atoms with Crippen molar-refractivity contribution in [3.8, 4) is 22.3 Å². The summed E-state index contributed by atoms with van der Waals surface area (Å²) in [5, 5.41) is 4.98. The summed E-state index contributed by atoms with van der Waals surface area (Å²) in [5.74, 6) is 0. The molecule has 2 nitrogen and oxygen atoms in total. The SMILES string of the molecule is C(=C\c1c2ccccc2c(/C=C/c2ccc(-c3ccncc3)cc2)c2ccccc12)/c1ccc(-c2ccncc2)cc1. The van der Waals surface area contributed by atoms with Gasteiger partial charge in [-0.3, -0.25) is 9.97 Å². The van der Waals surface area contributed by atoms with Crippen molar-refractivity contribution in [3.63, 3.8) is 0 Å². The van der Waals surface area contributed by atoms with E-state index in [9.17, 15) is 0 Å². The second-order valence-corrected chi connectivity index (χ2v) is 10.3. The molecule has 7 rings (SSSR count). The molecule has 0 aliphatic heterocycles. The van der Waals surface area contributed by atoms with Crippen LogP contribution >= 0.6 is 0 Å². The minimum atomic E-state index is 1.17. The Balaban J connectivity index is 1.25. The number of hydrogen-bond donors (Lipinski definition) is 0. The molecular formula is C40H28N2. The van der Waals surface area contributed by atoms with Gasteiger partial charge in [-0.2, -0.15) is 0 Å². The highest BCUT2D eigenvalue weighted by atomic mass is 14.6. The fourth-order valence-electron chi connectivity index (χ4n) is 5.58. The molecule has 0 atom stereocenters. The minimum absolute atomic E-state index is 1.17. The van der Waals surface area contributed by atoms with Crippen LogP contribution in [0.5, 0.6) is 0 Å². The third-order valence-electron chi connectivity index (χ3n) is 7.75. The van der Waals surface area contributed by atoms with E-state index in [-0.39, 0.29) is 0 Å².